The third kappa shape index (κ3) is 3.61. The van der Waals surface area contributed by atoms with Crippen LogP contribution in [-0.4, -0.2) is 35.1 Å². The third-order valence-electron chi connectivity index (χ3n) is 8.09. The molecule has 0 unspecified atom stereocenters. The maximum absolute atomic E-state index is 10.8. The monoisotopic (exact) mass is 489 g/mol. The zero-order chi connectivity index (χ0) is 25.7. The highest BCUT2D eigenvalue weighted by atomic mass is 16.3. The number of aryl methyl sites for hydroxylation is 1. The summed E-state index contributed by atoms with van der Waals surface area (Å²) in [6.07, 6.45) is 7.29. The van der Waals surface area contributed by atoms with E-state index in [-0.39, 0.29) is 23.0 Å². The van der Waals surface area contributed by atoms with E-state index in [1.54, 1.807) is 18.7 Å². The maximum Gasteiger partial charge on any atom is 0.203 e. The quantitative estimate of drug-likeness (QED) is 0.374. The molecule has 3 atom stereocenters. The summed E-state index contributed by atoms with van der Waals surface area (Å²) in [6, 6.07) is 12.2. The fourth-order valence-corrected chi connectivity index (χ4v) is 6.32. The molecular weight excluding hydrogens is 462 g/mol. The van der Waals surface area contributed by atoms with E-state index in [0.717, 1.165) is 58.0 Å². The van der Waals surface area contributed by atoms with Crippen molar-refractivity contribution in [1.29, 1.82) is 0 Å². The molecule has 8 nitrogen and oxygen atoms in total. The SMILES string of the molecule is [C-]#[N+]C1=C(O)[C@H](C)[C@H]2CCc3c(-c4ccncn4)nn(-c4ccc(-c5cnnc(C)c5)cc4)c3[C@]2(C)C1. The number of aromatic nitrogens is 6. The fraction of sp³-hybridized carbons (Fsp3) is 0.310. The minimum Gasteiger partial charge on any atom is -0.523 e. The topological polar surface area (TPSA) is 94.0 Å². The second-order valence-electron chi connectivity index (χ2n) is 10.3. The summed E-state index contributed by atoms with van der Waals surface area (Å²) in [4.78, 5) is 12.3. The van der Waals surface area contributed by atoms with E-state index in [1.807, 2.05) is 30.7 Å². The lowest BCUT2D eigenvalue weighted by Crippen LogP contribution is -2.45. The molecule has 1 aromatic carbocycles. The number of rotatable bonds is 3. The Bertz CT molecular complexity index is 1570. The van der Waals surface area contributed by atoms with Crippen molar-refractivity contribution in [2.75, 3.05) is 0 Å². The lowest BCUT2D eigenvalue weighted by molar-refractivity contribution is 0.133. The highest BCUT2D eigenvalue weighted by Gasteiger charge is 2.51. The Morgan fingerprint density at radius 2 is 1.97 bits per heavy atom. The third-order valence-corrected chi connectivity index (χ3v) is 8.09. The zero-order valence-corrected chi connectivity index (χ0v) is 21.0. The van der Waals surface area contributed by atoms with Crippen molar-refractivity contribution >= 4 is 0 Å². The molecule has 0 radical (unpaired) electrons. The normalized spacial score (nSPS) is 22.8. The second-order valence-corrected chi connectivity index (χ2v) is 10.3. The summed E-state index contributed by atoms with van der Waals surface area (Å²) in [5, 5.41) is 24.1. The van der Waals surface area contributed by atoms with Gasteiger partial charge in [-0.15, -0.1) is 0 Å². The zero-order valence-electron chi connectivity index (χ0n) is 21.0. The van der Waals surface area contributed by atoms with E-state index < -0.39 is 0 Å². The molecule has 2 aliphatic rings. The standard InChI is InChI=1S/C29H27N7O/c1-17-13-20(15-33-34-17)19-5-7-21(8-6-19)36-28-22(26(35-36)24-11-12-31-16-32-24)9-10-23-18(2)27(37)25(30-4)14-29(23,28)3/h5-8,11-13,15-16,18,23,37H,9-10,14H2,1-3H3/t18-,23-,29-/m1/s1. The first-order valence-electron chi connectivity index (χ1n) is 12.5. The van der Waals surface area contributed by atoms with E-state index in [4.69, 9.17) is 11.7 Å². The van der Waals surface area contributed by atoms with Gasteiger partial charge in [-0.3, -0.25) is 0 Å². The molecule has 0 saturated heterocycles. The second kappa shape index (κ2) is 8.63. The van der Waals surface area contributed by atoms with Crippen molar-refractivity contribution in [3.63, 3.8) is 0 Å². The number of aliphatic hydroxyl groups excluding tert-OH is 1. The largest absolute Gasteiger partial charge is 0.523 e. The van der Waals surface area contributed by atoms with Crippen molar-refractivity contribution in [2.45, 2.75) is 45.4 Å². The van der Waals surface area contributed by atoms with Gasteiger partial charge in [0.05, 0.1) is 41.3 Å². The molecule has 0 spiro atoms. The molecule has 0 fully saturated rings. The molecule has 3 heterocycles. The Kier molecular flexibility index (Phi) is 5.37. The molecule has 0 amide bonds. The van der Waals surface area contributed by atoms with Crippen molar-refractivity contribution in [2.24, 2.45) is 11.8 Å². The molecule has 0 bridgehead atoms. The molecule has 37 heavy (non-hydrogen) atoms. The predicted molar refractivity (Wildman–Crippen MR) is 140 cm³/mol. The van der Waals surface area contributed by atoms with Gasteiger partial charge in [0.15, 0.2) is 0 Å². The first-order valence-corrected chi connectivity index (χ1v) is 12.5. The van der Waals surface area contributed by atoms with Gasteiger partial charge in [-0.25, -0.2) is 19.5 Å². The van der Waals surface area contributed by atoms with E-state index in [2.05, 4.69) is 56.2 Å². The molecule has 6 rings (SSSR count). The minimum atomic E-state index is -0.359. The fourth-order valence-electron chi connectivity index (χ4n) is 6.32. The lowest BCUT2D eigenvalue weighted by Gasteiger charge is -2.48. The van der Waals surface area contributed by atoms with Crippen LogP contribution in [0.2, 0.25) is 0 Å². The first kappa shape index (κ1) is 23.0. The van der Waals surface area contributed by atoms with Gasteiger partial charge >= 0.3 is 0 Å². The Hall–Kier alpha value is -4.38. The Morgan fingerprint density at radius 3 is 2.68 bits per heavy atom. The Labute approximate surface area is 215 Å². The van der Waals surface area contributed by atoms with Gasteiger partial charge in [0.25, 0.3) is 0 Å². The number of benzene rings is 1. The van der Waals surface area contributed by atoms with Crippen molar-refractivity contribution in [3.8, 4) is 28.2 Å². The van der Waals surface area contributed by atoms with Gasteiger partial charge in [-0.2, -0.15) is 15.3 Å². The summed E-state index contributed by atoms with van der Waals surface area (Å²) < 4.78 is 2.04. The average Bonchev–Trinajstić information content (AvgIpc) is 3.32. The molecule has 1 N–H and O–H groups in total. The Morgan fingerprint density at radius 1 is 1.16 bits per heavy atom. The van der Waals surface area contributed by atoms with E-state index in [0.29, 0.717) is 12.1 Å². The highest BCUT2D eigenvalue weighted by Crippen LogP contribution is 2.55. The lowest BCUT2D eigenvalue weighted by atomic mass is 9.57. The number of allylic oxidation sites excluding steroid dienone is 2. The molecule has 0 saturated carbocycles. The van der Waals surface area contributed by atoms with Gasteiger partial charge < -0.3 is 5.11 Å². The summed E-state index contributed by atoms with van der Waals surface area (Å²) in [6.45, 7) is 13.9. The van der Waals surface area contributed by atoms with Gasteiger partial charge in [0.2, 0.25) is 5.70 Å². The number of hydrogen-bond acceptors (Lipinski definition) is 6. The van der Waals surface area contributed by atoms with Crippen LogP contribution in [0.25, 0.3) is 33.0 Å². The predicted octanol–water partition coefficient (Wildman–Crippen LogP) is 5.64. The van der Waals surface area contributed by atoms with Gasteiger partial charge in [0.1, 0.15) is 12.0 Å². The van der Waals surface area contributed by atoms with Crippen molar-refractivity contribution < 1.29 is 5.11 Å². The van der Waals surface area contributed by atoms with Crippen LogP contribution >= 0.6 is 0 Å². The van der Waals surface area contributed by atoms with Crippen molar-refractivity contribution in [1.82, 2.24) is 29.9 Å². The number of hydrogen-bond donors (Lipinski definition) is 1. The molecule has 3 aromatic heterocycles. The summed E-state index contributed by atoms with van der Waals surface area (Å²) in [5.41, 5.74) is 7.87. The smallest absolute Gasteiger partial charge is 0.203 e. The van der Waals surface area contributed by atoms with Crippen molar-refractivity contribution in [3.05, 3.63) is 94.9 Å². The van der Waals surface area contributed by atoms with Gasteiger partial charge in [-0.1, -0.05) is 26.0 Å². The first-order chi connectivity index (χ1) is 17.9. The van der Waals surface area contributed by atoms with Crippen LogP contribution in [0.3, 0.4) is 0 Å². The number of aliphatic hydroxyl groups is 1. The van der Waals surface area contributed by atoms with E-state index >= 15 is 0 Å². The van der Waals surface area contributed by atoms with Gasteiger partial charge in [-0.05, 0) is 61.9 Å². The van der Waals surface area contributed by atoms with E-state index in [9.17, 15) is 5.11 Å². The summed E-state index contributed by atoms with van der Waals surface area (Å²) in [5.74, 6) is 0.351. The molecular formula is C29H27N7O. The van der Waals surface area contributed by atoms with Crippen LogP contribution in [0, 0.1) is 25.3 Å². The minimum absolute atomic E-state index is 0.0911. The molecule has 0 aliphatic heterocycles. The van der Waals surface area contributed by atoms with Crippen LogP contribution in [-0.2, 0) is 11.8 Å². The van der Waals surface area contributed by atoms with Gasteiger partial charge in [0, 0.05) is 28.7 Å². The average molecular weight is 490 g/mol. The molecule has 184 valence electrons. The van der Waals surface area contributed by atoms with E-state index in [1.165, 1.54) is 0 Å². The molecule has 4 aromatic rings. The highest BCUT2D eigenvalue weighted by molar-refractivity contribution is 5.66. The van der Waals surface area contributed by atoms with Crippen LogP contribution in [0.1, 0.15) is 43.6 Å². The number of fused-ring (bicyclic) bond motifs is 3. The van der Waals surface area contributed by atoms with Crippen LogP contribution in [0.4, 0.5) is 0 Å². The maximum atomic E-state index is 10.8. The van der Waals surface area contributed by atoms with Crippen LogP contribution in [0.5, 0.6) is 0 Å². The Balaban J connectivity index is 1.54. The van der Waals surface area contributed by atoms with Crippen LogP contribution in [0.15, 0.2) is 66.6 Å². The summed E-state index contributed by atoms with van der Waals surface area (Å²) in [7, 11) is 0. The molecule has 8 heteroatoms. The summed E-state index contributed by atoms with van der Waals surface area (Å²) >= 11 is 0. The molecule has 2 aliphatic carbocycles. The number of nitrogens with zero attached hydrogens (tertiary/aromatic N) is 7. The van der Waals surface area contributed by atoms with Crippen LogP contribution < -0.4 is 0 Å².